The van der Waals surface area contributed by atoms with Crippen molar-refractivity contribution in [3.05, 3.63) is 52.9 Å². The molecule has 192 valence electrons. The lowest BCUT2D eigenvalue weighted by atomic mass is 10.0. The molecule has 2 aromatic carbocycles. The van der Waals surface area contributed by atoms with E-state index in [4.69, 9.17) is 0 Å². The minimum absolute atomic E-state index is 0.206. The average Bonchev–Trinajstić information content (AvgIpc) is 3.16. The zero-order chi connectivity index (χ0) is 25.9. The minimum atomic E-state index is -4.35. The van der Waals surface area contributed by atoms with Crippen molar-refractivity contribution in [3.63, 3.8) is 0 Å². The molecular formula is C26H28F3N3O2S2. The molecule has 0 aliphatic carbocycles. The number of rotatable bonds is 6. The highest BCUT2D eigenvalue weighted by molar-refractivity contribution is 7.72. The van der Waals surface area contributed by atoms with E-state index in [1.54, 1.807) is 31.2 Å². The zero-order valence-corrected chi connectivity index (χ0v) is 21.7. The molecule has 1 aliphatic rings. The summed E-state index contributed by atoms with van der Waals surface area (Å²) in [4.78, 5) is 2.89. The predicted molar refractivity (Wildman–Crippen MR) is 141 cm³/mol. The molecule has 1 aliphatic heterocycles. The predicted octanol–water partition coefficient (Wildman–Crippen LogP) is 5.33. The molecule has 0 bridgehead atoms. The van der Waals surface area contributed by atoms with Gasteiger partial charge in [0.25, 0.3) is 0 Å². The highest BCUT2D eigenvalue weighted by Gasteiger charge is 2.31. The third-order valence-corrected chi connectivity index (χ3v) is 8.05. The summed E-state index contributed by atoms with van der Waals surface area (Å²) in [5, 5.41) is 7.29. The van der Waals surface area contributed by atoms with Gasteiger partial charge in [0, 0.05) is 11.7 Å². The van der Waals surface area contributed by atoms with E-state index in [9.17, 15) is 21.6 Å². The molecule has 0 amide bonds. The number of likely N-dealkylation sites (tertiary alicyclic amines) is 1. The Labute approximate surface area is 214 Å². The van der Waals surface area contributed by atoms with Gasteiger partial charge in [-0.3, -0.25) is 0 Å². The summed E-state index contributed by atoms with van der Waals surface area (Å²) in [6.07, 6.45) is -3.42. The number of thiophene rings is 1. The fourth-order valence-corrected chi connectivity index (χ4v) is 5.82. The highest BCUT2D eigenvalue weighted by Crippen LogP contribution is 2.39. The van der Waals surface area contributed by atoms with Gasteiger partial charge in [0.15, 0.2) is 10.7 Å². The first-order valence-electron chi connectivity index (χ1n) is 11.7. The number of thiol groups is 1. The van der Waals surface area contributed by atoms with Crippen molar-refractivity contribution >= 4 is 43.5 Å². The second-order valence-corrected chi connectivity index (χ2v) is 11.1. The fraction of sp³-hybridized carbons (Fsp3) is 0.385. The SMILES string of the molecule is C[C@@H](C#Cc1sc2c(NC3CCN(C)CC3)cccc2c1CC(F)(F)F)Nc1ccc([SH](=O)=O)cc1. The van der Waals surface area contributed by atoms with E-state index in [1.807, 2.05) is 6.07 Å². The van der Waals surface area contributed by atoms with Crippen LogP contribution in [-0.4, -0.2) is 51.7 Å². The molecule has 2 heterocycles. The van der Waals surface area contributed by atoms with E-state index < -0.39 is 23.3 Å². The summed E-state index contributed by atoms with van der Waals surface area (Å²) in [5.74, 6) is 6.00. The quantitative estimate of drug-likeness (QED) is 0.294. The van der Waals surface area contributed by atoms with Gasteiger partial charge in [-0.05, 0) is 81.2 Å². The van der Waals surface area contributed by atoms with Crippen LogP contribution in [-0.2, 0) is 17.1 Å². The van der Waals surface area contributed by atoms with Gasteiger partial charge in [0.2, 0.25) is 0 Å². The molecule has 0 saturated carbocycles. The van der Waals surface area contributed by atoms with Crippen molar-refractivity contribution < 1.29 is 21.6 Å². The Morgan fingerprint density at radius 1 is 1.14 bits per heavy atom. The summed E-state index contributed by atoms with van der Waals surface area (Å²) in [6, 6.07) is 11.6. The van der Waals surface area contributed by atoms with Crippen LogP contribution in [0.1, 0.15) is 30.2 Å². The van der Waals surface area contributed by atoms with Crippen LogP contribution >= 0.6 is 11.3 Å². The van der Waals surface area contributed by atoms with E-state index in [-0.39, 0.29) is 22.5 Å². The second kappa shape index (κ2) is 11.1. The summed E-state index contributed by atoms with van der Waals surface area (Å²) >= 11 is 1.29. The molecule has 1 fully saturated rings. The van der Waals surface area contributed by atoms with Gasteiger partial charge in [0.05, 0.1) is 32.6 Å². The van der Waals surface area contributed by atoms with Gasteiger partial charge < -0.3 is 15.5 Å². The molecule has 0 spiro atoms. The Balaban J connectivity index is 1.61. The van der Waals surface area contributed by atoms with Crippen LogP contribution in [0.4, 0.5) is 24.5 Å². The van der Waals surface area contributed by atoms with Gasteiger partial charge >= 0.3 is 6.18 Å². The van der Waals surface area contributed by atoms with Crippen LogP contribution in [0.5, 0.6) is 0 Å². The summed E-state index contributed by atoms with van der Waals surface area (Å²) in [5.41, 5.74) is 1.73. The number of piperidine rings is 1. The van der Waals surface area contributed by atoms with Crippen molar-refractivity contribution in [2.24, 2.45) is 0 Å². The van der Waals surface area contributed by atoms with Crippen molar-refractivity contribution in [3.8, 4) is 11.8 Å². The smallest absolute Gasteiger partial charge is 0.381 e. The lowest BCUT2D eigenvalue weighted by Crippen LogP contribution is -2.36. The molecule has 10 heteroatoms. The summed E-state index contributed by atoms with van der Waals surface area (Å²) in [7, 11) is -0.567. The van der Waals surface area contributed by atoms with Crippen molar-refractivity contribution in [1.29, 1.82) is 0 Å². The average molecular weight is 536 g/mol. The van der Waals surface area contributed by atoms with Gasteiger partial charge in [-0.1, -0.05) is 24.0 Å². The Hall–Kier alpha value is -2.74. The largest absolute Gasteiger partial charge is 0.393 e. The Kier molecular flexibility index (Phi) is 8.13. The van der Waals surface area contributed by atoms with Gasteiger partial charge in [-0.15, -0.1) is 11.3 Å². The first-order valence-corrected chi connectivity index (χ1v) is 13.7. The van der Waals surface area contributed by atoms with Crippen molar-refractivity contribution in [1.82, 2.24) is 4.90 Å². The first-order chi connectivity index (χ1) is 17.1. The van der Waals surface area contributed by atoms with Crippen LogP contribution in [0.3, 0.4) is 0 Å². The van der Waals surface area contributed by atoms with Gasteiger partial charge in [0.1, 0.15) is 0 Å². The minimum Gasteiger partial charge on any atom is -0.381 e. The second-order valence-electron chi connectivity index (χ2n) is 9.05. The number of nitrogens with one attached hydrogen (secondary N) is 2. The summed E-state index contributed by atoms with van der Waals surface area (Å²) < 4.78 is 63.4. The van der Waals surface area contributed by atoms with Crippen molar-refractivity contribution in [2.45, 2.75) is 49.3 Å². The summed E-state index contributed by atoms with van der Waals surface area (Å²) in [6.45, 7) is 3.77. The molecule has 5 nitrogen and oxygen atoms in total. The fourth-order valence-electron chi connectivity index (χ4n) is 4.27. The number of anilines is 2. The third-order valence-electron chi connectivity index (χ3n) is 6.14. The zero-order valence-electron chi connectivity index (χ0n) is 20.0. The molecule has 36 heavy (non-hydrogen) atoms. The number of halogens is 3. The van der Waals surface area contributed by atoms with E-state index in [2.05, 4.69) is 34.4 Å². The van der Waals surface area contributed by atoms with Crippen LogP contribution in [0.2, 0.25) is 0 Å². The van der Waals surface area contributed by atoms with E-state index >= 15 is 0 Å². The van der Waals surface area contributed by atoms with E-state index in [0.717, 1.165) is 36.3 Å². The molecular weight excluding hydrogens is 507 g/mol. The van der Waals surface area contributed by atoms with Gasteiger partial charge in [-0.25, -0.2) is 8.42 Å². The normalized spacial score (nSPS) is 16.1. The molecule has 1 saturated heterocycles. The number of hydrogen-bond donors (Lipinski definition) is 3. The highest BCUT2D eigenvalue weighted by atomic mass is 32.2. The molecule has 1 aromatic heterocycles. The van der Waals surface area contributed by atoms with Crippen LogP contribution in [0, 0.1) is 11.8 Å². The first kappa shape index (κ1) is 26.3. The number of fused-ring (bicyclic) bond motifs is 1. The standard InChI is InChI=1S/C26H28F3N3O2S2/c1-17(30-18-7-9-20(10-8-18)36(33)34)6-11-24-22(16-26(27,28)29)21-4-3-5-23(25(21)35-24)31-19-12-14-32(2)15-13-19/h3-5,7-10,17,19,30-31,36H,12-16H2,1-2H3/t17-/m0/s1. The van der Waals surface area contributed by atoms with E-state index in [0.29, 0.717) is 16.0 Å². The number of nitrogens with zero attached hydrogens (tertiary/aromatic N) is 1. The monoisotopic (exact) mass is 535 g/mol. The van der Waals surface area contributed by atoms with Crippen molar-refractivity contribution in [2.75, 3.05) is 30.8 Å². The van der Waals surface area contributed by atoms with Crippen LogP contribution in [0.25, 0.3) is 10.1 Å². The maximum Gasteiger partial charge on any atom is 0.393 e. The molecule has 1 atom stereocenters. The topological polar surface area (TPSA) is 61.4 Å². The lowest BCUT2D eigenvalue weighted by Gasteiger charge is -2.30. The third kappa shape index (κ3) is 6.72. The molecule has 3 aromatic rings. The maximum atomic E-state index is 13.5. The van der Waals surface area contributed by atoms with Crippen LogP contribution < -0.4 is 10.6 Å². The Morgan fingerprint density at radius 3 is 2.47 bits per heavy atom. The molecule has 4 rings (SSSR count). The van der Waals surface area contributed by atoms with Gasteiger partial charge in [-0.2, -0.15) is 13.2 Å². The number of hydrogen-bond acceptors (Lipinski definition) is 6. The Bertz CT molecular complexity index is 1340. The van der Waals surface area contributed by atoms with E-state index in [1.165, 1.54) is 23.5 Å². The molecule has 0 unspecified atom stereocenters. The molecule has 0 radical (unpaired) electrons. The van der Waals surface area contributed by atoms with Crippen LogP contribution in [0.15, 0.2) is 47.4 Å². The molecule has 2 N–H and O–H groups in total. The Morgan fingerprint density at radius 2 is 1.83 bits per heavy atom. The number of alkyl halides is 3. The lowest BCUT2D eigenvalue weighted by molar-refractivity contribution is -0.126. The number of benzene rings is 2. The maximum absolute atomic E-state index is 13.5.